The van der Waals surface area contributed by atoms with Crippen molar-refractivity contribution in [2.45, 2.75) is 103 Å². The predicted molar refractivity (Wildman–Crippen MR) is 125 cm³/mol. The van der Waals surface area contributed by atoms with Crippen molar-refractivity contribution in [3.05, 3.63) is 23.8 Å². The highest BCUT2D eigenvalue weighted by Gasteiger charge is 2.21. The maximum absolute atomic E-state index is 9.98. The molecule has 0 saturated carbocycles. The summed E-state index contributed by atoms with van der Waals surface area (Å²) in [6, 6.07) is 4.46. The van der Waals surface area contributed by atoms with Crippen molar-refractivity contribution < 1.29 is 20.4 Å². The first-order valence-electron chi connectivity index (χ1n) is 12.3. The van der Waals surface area contributed by atoms with Crippen LogP contribution in [0.5, 0.6) is 11.5 Å². The summed E-state index contributed by atoms with van der Waals surface area (Å²) in [7, 11) is 0. The second-order valence-electron chi connectivity index (χ2n) is 8.93. The van der Waals surface area contributed by atoms with Gasteiger partial charge >= 0.3 is 0 Å². The van der Waals surface area contributed by atoms with E-state index in [1.54, 1.807) is 0 Å². The number of hydrogen-bond acceptors (Lipinski definition) is 4. The molecule has 0 aliphatic carbocycles. The molecular formula is C26H46O4. The number of aliphatic hydroxyl groups is 2. The van der Waals surface area contributed by atoms with Gasteiger partial charge in [-0.05, 0) is 48.4 Å². The number of rotatable bonds is 19. The molecule has 0 aliphatic rings. The Bertz CT molecular complexity index is 532. The van der Waals surface area contributed by atoms with Crippen LogP contribution in [0.2, 0.25) is 0 Å². The first-order valence-corrected chi connectivity index (χ1v) is 12.3. The van der Waals surface area contributed by atoms with Crippen molar-refractivity contribution in [2.75, 3.05) is 13.2 Å². The third-order valence-corrected chi connectivity index (χ3v) is 6.36. The standard InChI is InChI=1S/C26H46O4/c1-2-3-4-5-6-7-8-9-10-11-12-13-14-15-22(20-27)24(21-28)18-23-19-25(29)16-17-26(23)30/h16-17,19,22,24,27-30H,2-15,18,20-21H2,1H3. The molecule has 1 aromatic rings. The van der Waals surface area contributed by atoms with Crippen LogP contribution in [-0.2, 0) is 6.42 Å². The first-order chi connectivity index (χ1) is 14.6. The highest BCUT2D eigenvalue weighted by molar-refractivity contribution is 5.38. The fraction of sp³-hybridized carbons (Fsp3) is 0.769. The van der Waals surface area contributed by atoms with Crippen LogP contribution in [0.1, 0.15) is 102 Å². The predicted octanol–water partition coefficient (Wildman–Crippen LogP) is 6.34. The molecule has 0 spiro atoms. The van der Waals surface area contributed by atoms with Crippen molar-refractivity contribution >= 4 is 0 Å². The van der Waals surface area contributed by atoms with Crippen LogP contribution in [0.3, 0.4) is 0 Å². The monoisotopic (exact) mass is 422 g/mol. The normalized spacial score (nSPS) is 13.4. The Balaban J connectivity index is 2.14. The number of aliphatic hydroxyl groups excluding tert-OH is 2. The van der Waals surface area contributed by atoms with Gasteiger partial charge in [-0.15, -0.1) is 0 Å². The Morgan fingerprint density at radius 2 is 1.17 bits per heavy atom. The van der Waals surface area contributed by atoms with Crippen LogP contribution in [0.4, 0.5) is 0 Å². The van der Waals surface area contributed by atoms with E-state index >= 15 is 0 Å². The molecule has 30 heavy (non-hydrogen) atoms. The minimum absolute atomic E-state index is 0.0180. The van der Waals surface area contributed by atoms with Gasteiger partial charge in [-0.3, -0.25) is 0 Å². The van der Waals surface area contributed by atoms with Crippen LogP contribution >= 0.6 is 0 Å². The highest BCUT2D eigenvalue weighted by Crippen LogP contribution is 2.29. The van der Waals surface area contributed by atoms with Crippen molar-refractivity contribution in [1.29, 1.82) is 0 Å². The van der Waals surface area contributed by atoms with Crippen molar-refractivity contribution in [1.82, 2.24) is 0 Å². The fourth-order valence-electron chi connectivity index (χ4n) is 4.30. The van der Waals surface area contributed by atoms with E-state index in [9.17, 15) is 20.4 Å². The Kier molecular flexibility index (Phi) is 15.6. The van der Waals surface area contributed by atoms with Gasteiger partial charge in [0.25, 0.3) is 0 Å². The van der Waals surface area contributed by atoms with Gasteiger partial charge < -0.3 is 20.4 Å². The third kappa shape index (κ3) is 11.8. The molecule has 0 aromatic heterocycles. The lowest BCUT2D eigenvalue weighted by Crippen LogP contribution is -2.24. The zero-order chi connectivity index (χ0) is 22.0. The van der Waals surface area contributed by atoms with E-state index in [4.69, 9.17) is 0 Å². The largest absolute Gasteiger partial charge is 0.508 e. The van der Waals surface area contributed by atoms with Crippen LogP contribution in [0.25, 0.3) is 0 Å². The average molecular weight is 423 g/mol. The average Bonchev–Trinajstić information content (AvgIpc) is 2.75. The molecule has 174 valence electrons. The summed E-state index contributed by atoms with van der Waals surface area (Å²) in [6.07, 6.45) is 18.5. The van der Waals surface area contributed by atoms with Crippen LogP contribution < -0.4 is 0 Å². The van der Waals surface area contributed by atoms with E-state index in [1.807, 2.05) is 0 Å². The van der Waals surface area contributed by atoms with Crippen LogP contribution in [-0.4, -0.2) is 33.6 Å². The maximum Gasteiger partial charge on any atom is 0.119 e. The molecule has 0 fully saturated rings. The van der Waals surface area contributed by atoms with E-state index < -0.39 is 0 Å². The quantitative estimate of drug-likeness (QED) is 0.155. The summed E-state index contributed by atoms with van der Waals surface area (Å²) in [6.45, 7) is 2.28. The lowest BCUT2D eigenvalue weighted by atomic mass is 9.84. The molecule has 1 aromatic carbocycles. The molecule has 0 saturated heterocycles. The van der Waals surface area contributed by atoms with Gasteiger partial charge in [0.05, 0.1) is 0 Å². The highest BCUT2D eigenvalue weighted by atomic mass is 16.3. The van der Waals surface area contributed by atoms with Gasteiger partial charge in [0, 0.05) is 13.2 Å². The first kappa shape index (κ1) is 26.8. The second-order valence-corrected chi connectivity index (χ2v) is 8.93. The molecule has 2 atom stereocenters. The molecule has 4 N–H and O–H groups in total. The molecule has 0 heterocycles. The number of hydrogen-bond donors (Lipinski definition) is 4. The minimum Gasteiger partial charge on any atom is -0.508 e. The van der Waals surface area contributed by atoms with Crippen LogP contribution in [0, 0.1) is 11.8 Å². The van der Waals surface area contributed by atoms with Crippen LogP contribution in [0.15, 0.2) is 18.2 Å². The van der Waals surface area contributed by atoms with Gasteiger partial charge in [0.1, 0.15) is 11.5 Å². The fourth-order valence-corrected chi connectivity index (χ4v) is 4.30. The summed E-state index contributed by atoms with van der Waals surface area (Å²) < 4.78 is 0. The number of unbranched alkanes of at least 4 members (excludes halogenated alkanes) is 12. The zero-order valence-corrected chi connectivity index (χ0v) is 19.2. The molecule has 0 amide bonds. The third-order valence-electron chi connectivity index (χ3n) is 6.36. The number of aromatic hydroxyl groups is 2. The number of benzene rings is 1. The number of phenolic OH excluding ortho intramolecular Hbond substituents is 2. The topological polar surface area (TPSA) is 80.9 Å². The molecule has 1 rings (SSSR count). The molecule has 4 nitrogen and oxygen atoms in total. The lowest BCUT2D eigenvalue weighted by Gasteiger charge is -2.24. The summed E-state index contributed by atoms with van der Waals surface area (Å²) >= 11 is 0. The summed E-state index contributed by atoms with van der Waals surface area (Å²) in [4.78, 5) is 0. The van der Waals surface area contributed by atoms with E-state index in [1.165, 1.54) is 95.2 Å². The molecule has 0 radical (unpaired) electrons. The Labute approximate surface area is 184 Å². The number of phenols is 2. The molecular weight excluding hydrogens is 376 g/mol. The Hall–Kier alpha value is -1.26. The van der Waals surface area contributed by atoms with Crippen molar-refractivity contribution in [2.24, 2.45) is 11.8 Å². The van der Waals surface area contributed by atoms with Gasteiger partial charge in [-0.25, -0.2) is 0 Å². The van der Waals surface area contributed by atoms with Crippen molar-refractivity contribution in [3.8, 4) is 11.5 Å². The van der Waals surface area contributed by atoms with E-state index in [2.05, 4.69) is 6.92 Å². The molecule has 0 aliphatic heterocycles. The van der Waals surface area contributed by atoms with Gasteiger partial charge in [-0.1, -0.05) is 90.4 Å². The van der Waals surface area contributed by atoms with Gasteiger partial charge in [-0.2, -0.15) is 0 Å². The maximum atomic E-state index is 9.98. The summed E-state index contributed by atoms with van der Waals surface area (Å²) in [5.74, 6) is 0.143. The minimum atomic E-state index is -0.111. The lowest BCUT2D eigenvalue weighted by molar-refractivity contribution is 0.111. The Morgan fingerprint density at radius 1 is 0.667 bits per heavy atom. The summed E-state index contributed by atoms with van der Waals surface area (Å²) in [5.41, 5.74) is 0.623. The molecule has 0 bridgehead atoms. The molecule has 4 heteroatoms. The van der Waals surface area contributed by atoms with Gasteiger partial charge in [0.15, 0.2) is 0 Å². The van der Waals surface area contributed by atoms with E-state index in [-0.39, 0.29) is 36.5 Å². The van der Waals surface area contributed by atoms with E-state index in [0.717, 1.165) is 12.8 Å². The SMILES string of the molecule is CCCCCCCCCCCCCCCC(CO)C(CO)Cc1cc(O)ccc1O. The smallest absolute Gasteiger partial charge is 0.119 e. The molecule has 2 unspecified atom stereocenters. The second kappa shape index (κ2) is 17.4. The Morgan fingerprint density at radius 3 is 1.67 bits per heavy atom. The zero-order valence-electron chi connectivity index (χ0n) is 19.2. The summed E-state index contributed by atoms with van der Waals surface area (Å²) in [5, 5.41) is 39.2. The van der Waals surface area contributed by atoms with E-state index in [0.29, 0.717) is 12.0 Å². The van der Waals surface area contributed by atoms with Crippen molar-refractivity contribution in [3.63, 3.8) is 0 Å². The van der Waals surface area contributed by atoms with Gasteiger partial charge in [0.2, 0.25) is 0 Å².